The summed E-state index contributed by atoms with van der Waals surface area (Å²) in [6.45, 7) is 4.88. The summed E-state index contributed by atoms with van der Waals surface area (Å²) in [7, 11) is -2.24. The minimum atomic E-state index is -3.64. The van der Waals surface area contributed by atoms with E-state index >= 15 is 0 Å². The number of methoxy groups -OCH3 is 1. The molecule has 2 unspecified atom stereocenters. The second kappa shape index (κ2) is 6.17. The number of carbonyl (C=O) groups is 1. The van der Waals surface area contributed by atoms with Gasteiger partial charge in [-0.1, -0.05) is 13.8 Å². The highest BCUT2D eigenvalue weighted by Gasteiger charge is 2.27. The highest BCUT2D eigenvalue weighted by molar-refractivity contribution is 7.89. The van der Waals surface area contributed by atoms with Gasteiger partial charge in [-0.2, -0.15) is 0 Å². The quantitative estimate of drug-likeness (QED) is 0.668. The average molecular weight is 253 g/mol. The van der Waals surface area contributed by atoms with Crippen LogP contribution in [0, 0.1) is 5.92 Å². The van der Waals surface area contributed by atoms with E-state index < -0.39 is 28.1 Å². The molecule has 96 valence electrons. The zero-order valence-corrected chi connectivity index (χ0v) is 10.7. The normalized spacial score (nSPS) is 16.1. The lowest BCUT2D eigenvalue weighted by Gasteiger charge is -2.19. The summed E-state index contributed by atoms with van der Waals surface area (Å²) in [4.78, 5) is 10.8. The van der Waals surface area contributed by atoms with Gasteiger partial charge in [0.15, 0.2) is 0 Å². The smallest absolute Gasteiger partial charge is 0.321 e. The molecule has 0 aromatic carbocycles. The summed E-state index contributed by atoms with van der Waals surface area (Å²) >= 11 is 0. The third-order valence-corrected chi connectivity index (χ3v) is 3.62. The Kier molecular flexibility index (Phi) is 5.91. The molecule has 0 amide bonds. The third-order valence-electron chi connectivity index (χ3n) is 2.10. The molecule has 7 heteroatoms. The van der Waals surface area contributed by atoms with Gasteiger partial charge >= 0.3 is 5.97 Å². The second-order valence-corrected chi connectivity index (χ2v) is 5.80. The summed E-state index contributed by atoms with van der Waals surface area (Å²) < 4.78 is 30.1. The van der Waals surface area contributed by atoms with E-state index in [1.54, 1.807) is 20.8 Å². The molecular formula is C9H19NO5S. The Hall–Kier alpha value is -0.660. The molecule has 0 aromatic heterocycles. The van der Waals surface area contributed by atoms with E-state index in [1.165, 1.54) is 7.11 Å². The van der Waals surface area contributed by atoms with Crippen LogP contribution in [0.1, 0.15) is 20.8 Å². The molecule has 0 aromatic rings. The molecule has 0 rings (SSSR count). The molecule has 0 heterocycles. The zero-order valence-electron chi connectivity index (χ0n) is 9.93. The van der Waals surface area contributed by atoms with Gasteiger partial charge in [-0.15, -0.1) is 0 Å². The maximum atomic E-state index is 11.6. The van der Waals surface area contributed by atoms with Gasteiger partial charge in [0.05, 0.1) is 11.9 Å². The van der Waals surface area contributed by atoms with E-state index in [-0.39, 0.29) is 11.7 Å². The van der Waals surface area contributed by atoms with Gasteiger partial charge in [-0.3, -0.25) is 4.79 Å². The van der Waals surface area contributed by atoms with Gasteiger partial charge in [0.25, 0.3) is 0 Å². The Morgan fingerprint density at radius 2 is 1.88 bits per heavy atom. The zero-order chi connectivity index (χ0) is 12.9. The van der Waals surface area contributed by atoms with Crippen LogP contribution in [0.5, 0.6) is 0 Å². The van der Waals surface area contributed by atoms with Crippen molar-refractivity contribution in [2.75, 3.05) is 12.9 Å². The van der Waals surface area contributed by atoms with E-state index in [1.807, 2.05) is 0 Å². The summed E-state index contributed by atoms with van der Waals surface area (Å²) in [6, 6.07) is -1.10. The van der Waals surface area contributed by atoms with Crippen LogP contribution in [0.25, 0.3) is 0 Å². The molecule has 0 fully saturated rings. The van der Waals surface area contributed by atoms with Crippen molar-refractivity contribution in [1.82, 2.24) is 4.72 Å². The van der Waals surface area contributed by atoms with Crippen LogP contribution in [0.3, 0.4) is 0 Å². The van der Waals surface area contributed by atoms with Gasteiger partial charge in [0.1, 0.15) is 6.04 Å². The van der Waals surface area contributed by atoms with Crippen LogP contribution in [0.2, 0.25) is 0 Å². The van der Waals surface area contributed by atoms with Crippen molar-refractivity contribution in [1.29, 1.82) is 0 Å². The topological polar surface area (TPSA) is 92.7 Å². The number of carboxylic acids is 1. The Morgan fingerprint density at radius 3 is 2.19 bits per heavy atom. The minimum Gasteiger partial charge on any atom is -0.480 e. The first-order valence-corrected chi connectivity index (χ1v) is 6.60. The molecule has 0 aliphatic carbocycles. The monoisotopic (exact) mass is 253 g/mol. The van der Waals surface area contributed by atoms with Crippen LogP contribution in [0.15, 0.2) is 0 Å². The standard InChI is InChI=1S/C9H19NO5S/c1-6(2)8(9(11)12)10-16(13,14)5-7(3)15-4/h6-8,10H,5H2,1-4H3,(H,11,12). The van der Waals surface area contributed by atoms with E-state index in [2.05, 4.69) is 4.72 Å². The van der Waals surface area contributed by atoms with Crippen molar-refractivity contribution in [3.05, 3.63) is 0 Å². The number of aliphatic carboxylic acids is 1. The van der Waals surface area contributed by atoms with E-state index in [9.17, 15) is 13.2 Å². The first-order valence-electron chi connectivity index (χ1n) is 4.95. The van der Waals surface area contributed by atoms with Gasteiger partial charge < -0.3 is 9.84 Å². The fraction of sp³-hybridized carbons (Fsp3) is 0.889. The molecule has 0 saturated carbocycles. The molecule has 0 aliphatic rings. The molecule has 0 bridgehead atoms. The number of hydrogen-bond donors (Lipinski definition) is 2. The fourth-order valence-corrected chi connectivity index (χ4v) is 2.70. The molecule has 2 N–H and O–H groups in total. The van der Waals surface area contributed by atoms with Crippen molar-refractivity contribution in [3.8, 4) is 0 Å². The fourth-order valence-electron chi connectivity index (χ4n) is 1.09. The summed E-state index contributed by atoms with van der Waals surface area (Å²) in [5, 5.41) is 8.84. The first kappa shape index (κ1) is 15.3. The number of ether oxygens (including phenoxy) is 1. The third kappa shape index (κ3) is 5.43. The molecular weight excluding hydrogens is 234 g/mol. The molecule has 16 heavy (non-hydrogen) atoms. The molecule has 0 aliphatic heterocycles. The van der Waals surface area contributed by atoms with Gasteiger partial charge in [-0.25, -0.2) is 13.1 Å². The highest BCUT2D eigenvalue weighted by Crippen LogP contribution is 2.05. The van der Waals surface area contributed by atoms with Crippen molar-refractivity contribution in [2.45, 2.75) is 32.9 Å². The van der Waals surface area contributed by atoms with E-state index in [4.69, 9.17) is 9.84 Å². The number of carboxylic acid groups (broad SMARTS) is 1. The van der Waals surface area contributed by atoms with E-state index in [0.29, 0.717) is 0 Å². The number of nitrogens with one attached hydrogen (secondary N) is 1. The van der Waals surface area contributed by atoms with Crippen molar-refractivity contribution >= 4 is 16.0 Å². The Bertz CT molecular complexity index is 325. The average Bonchev–Trinajstić information content (AvgIpc) is 2.12. The lowest BCUT2D eigenvalue weighted by Crippen LogP contribution is -2.46. The van der Waals surface area contributed by atoms with Crippen molar-refractivity contribution in [3.63, 3.8) is 0 Å². The number of hydrogen-bond acceptors (Lipinski definition) is 4. The summed E-state index contributed by atoms with van der Waals surface area (Å²) in [6.07, 6.45) is -0.473. The predicted octanol–water partition coefficient (Wildman–Crippen LogP) is 0.0499. The molecule has 0 spiro atoms. The largest absolute Gasteiger partial charge is 0.480 e. The van der Waals surface area contributed by atoms with Crippen LogP contribution < -0.4 is 4.72 Å². The van der Waals surface area contributed by atoms with Crippen molar-refractivity contribution in [2.24, 2.45) is 5.92 Å². The molecule has 6 nitrogen and oxygen atoms in total. The maximum absolute atomic E-state index is 11.6. The van der Waals surface area contributed by atoms with E-state index in [0.717, 1.165) is 0 Å². The summed E-state index contributed by atoms with van der Waals surface area (Å²) in [5.41, 5.74) is 0. The summed E-state index contributed by atoms with van der Waals surface area (Å²) in [5.74, 6) is -1.74. The first-order chi connectivity index (χ1) is 7.19. The molecule has 0 radical (unpaired) electrons. The molecule has 2 atom stereocenters. The Labute approximate surface area is 96.0 Å². The van der Waals surface area contributed by atoms with Crippen LogP contribution in [-0.2, 0) is 19.6 Å². The van der Waals surface area contributed by atoms with Crippen LogP contribution in [-0.4, -0.2) is 44.5 Å². The van der Waals surface area contributed by atoms with Crippen LogP contribution >= 0.6 is 0 Å². The minimum absolute atomic E-state index is 0.250. The lowest BCUT2D eigenvalue weighted by molar-refractivity contribution is -0.140. The second-order valence-electron chi connectivity index (χ2n) is 4.01. The predicted molar refractivity (Wildman–Crippen MR) is 59.7 cm³/mol. The SMILES string of the molecule is COC(C)CS(=O)(=O)NC(C(=O)O)C(C)C. The number of sulfonamides is 1. The number of rotatable bonds is 7. The lowest BCUT2D eigenvalue weighted by atomic mass is 10.1. The Morgan fingerprint density at radius 1 is 1.38 bits per heavy atom. The van der Waals surface area contributed by atoms with Gasteiger partial charge in [-0.05, 0) is 12.8 Å². The van der Waals surface area contributed by atoms with Crippen molar-refractivity contribution < 1.29 is 23.1 Å². The molecule has 0 saturated heterocycles. The van der Waals surface area contributed by atoms with Gasteiger partial charge in [0.2, 0.25) is 10.0 Å². The Balaban J connectivity index is 4.61. The van der Waals surface area contributed by atoms with Gasteiger partial charge in [0, 0.05) is 7.11 Å². The highest BCUT2D eigenvalue weighted by atomic mass is 32.2. The van der Waals surface area contributed by atoms with Crippen LogP contribution in [0.4, 0.5) is 0 Å². The maximum Gasteiger partial charge on any atom is 0.321 e.